The normalized spacial score (nSPS) is 42.8. The van der Waals surface area contributed by atoms with Crippen molar-refractivity contribution in [1.82, 2.24) is 4.90 Å². The van der Waals surface area contributed by atoms with E-state index in [0.29, 0.717) is 29.9 Å². The Balaban J connectivity index is 1.61. The first-order chi connectivity index (χ1) is 14.2. The van der Waals surface area contributed by atoms with Gasteiger partial charge >= 0.3 is 0 Å². The van der Waals surface area contributed by atoms with Crippen LogP contribution in [0, 0.1) is 39.9 Å². The van der Waals surface area contributed by atoms with Crippen LogP contribution in [-0.4, -0.2) is 36.8 Å². The zero-order valence-electron chi connectivity index (χ0n) is 19.4. The number of ether oxygens (including phenoxy) is 1. The lowest BCUT2D eigenvalue weighted by atomic mass is 9.47. The first kappa shape index (κ1) is 21.5. The van der Waals surface area contributed by atoms with Gasteiger partial charge in [-0.05, 0) is 91.3 Å². The first-order valence-electron chi connectivity index (χ1n) is 11.6. The highest BCUT2D eigenvalue weighted by Gasteiger charge is 2.63. The molecule has 4 rings (SSSR count). The van der Waals surface area contributed by atoms with E-state index in [0.717, 1.165) is 37.9 Å². The van der Waals surface area contributed by atoms with Crippen LogP contribution in [0.2, 0.25) is 0 Å². The number of nitriles is 1. The van der Waals surface area contributed by atoms with Gasteiger partial charge < -0.3 is 14.7 Å². The number of allylic oxidation sites excluding steroid dienone is 5. The molecule has 0 amide bonds. The Labute approximate surface area is 182 Å². The number of rotatable bonds is 4. The SMILES string of the molecule is COC1=CC2=CC[C@@H]3[C@H](CC[C@@]4(C)[C@H]3CC[C@@]4(O)CC=C(C#N)N(C)C)[C@@]2(C)CC1. The van der Waals surface area contributed by atoms with Gasteiger partial charge in [-0.1, -0.05) is 19.9 Å². The fraction of sp³-hybridized carbons (Fsp3) is 0.731. The zero-order valence-corrected chi connectivity index (χ0v) is 19.4. The maximum atomic E-state index is 11.8. The van der Waals surface area contributed by atoms with Gasteiger partial charge in [-0.3, -0.25) is 0 Å². The number of methoxy groups -OCH3 is 1. The molecule has 0 aromatic carbocycles. The summed E-state index contributed by atoms with van der Waals surface area (Å²) in [6, 6.07) is 2.27. The van der Waals surface area contributed by atoms with Crippen molar-refractivity contribution in [2.45, 2.75) is 70.8 Å². The number of hydrogen-bond donors (Lipinski definition) is 1. The van der Waals surface area contributed by atoms with Gasteiger partial charge in [0.15, 0.2) is 0 Å². The third-order valence-electron chi connectivity index (χ3n) is 9.55. The van der Waals surface area contributed by atoms with Crippen LogP contribution in [0.3, 0.4) is 0 Å². The second-order valence-electron chi connectivity index (χ2n) is 10.8. The van der Waals surface area contributed by atoms with Gasteiger partial charge in [-0.15, -0.1) is 0 Å². The number of fused-ring (bicyclic) bond motifs is 5. The van der Waals surface area contributed by atoms with E-state index in [1.165, 1.54) is 18.4 Å². The highest BCUT2D eigenvalue weighted by molar-refractivity contribution is 5.36. The molecule has 0 aromatic heterocycles. The van der Waals surface area contributed by atoms with Gasteiger partial charge in [0, 0.05) is 20.5 Å². The molecule has 164 valence electrons. The summed E-state index contributed by atoms with van der Waals surface area (Å²) in [7, 11) is 5.57. The Morgan fingerprint density at radius 2 is 2.00 bits per heavy atom. The maximum absolute atomic E-state index is 11.8. The second-order valence-corrected chi connectivity index (χ2v) is 10.8. The molecule has 4 aliphatic carbocycles. The molecule has 2 fully saturated rings. The predicted molar refractivity (Wildman–Crippen MR) is 119 cm³/mol. The molecular weight excluding hydrogens is 372 g/mol. The second kappa shape index (κ2) is 7.45. The Kier molecular flexibility index (Phi) is 5.34. The minimum absolute atomic E-state index is 0.0680. The molecule has 0 aromatic rings. The lowest BCUT2D eigenvalue weighted by molar-refractivity contribution is -0.120. The molecule has 4 heteroatoms. The van der Waals surface area contributed by atoms with Gasteiger partial charge in [-0.25, -0.2) is 0 Å². The molecule has 2 saturated carbocycles. The highest BCUT2D eigenvalue weighted by atomic mass is 16.5. The molecular formula is C26H38N2O2. The molecule has 30 heavy (non-hydrogen) atoms. The summed E-state index contributed by atoms with van der Waals surface area (Å²) in [6.07, 6.45) is 14.9. The summed E-state index contributed by atoms with van der Waals surface area (Å²) >= 11 is 0. The van der Waals surface area contributed by atoms with E-state index >= 15 is 0 Å². The quantitative estimate of drug-likeness (QED) is 0.649. The monoisotopic (exact) mass is 410 g/mol. The summed E-state index contributed by atoms with van der Waals surface area (Å²) in [4.78, 5) is 1.84. The Morgan fingerprint density at radius 3 is 2.67 bits per heavy atom. The lowest BCUT2D eigenvalue weighted by Gasteiger charge is -2.58. The molecule has 0 aliphatic heterocycles. The molecule has 0 radical (unpaired) electrons. The van der Waals surface area contributed by atoms with Gasteiger partial charge in [0.05, 0.1) is 18.5 Å². The number of hydrogen-bond acceptors (Lipinski definition) is 4. The number of nitrogens with zero attached hydrogens (tertiary/aromatic N) is 2. The van der Waals surface area contributed by atoms with Crippen LogP contribution in [0.15, 0.2) is 35.3 Å². The van der Waals surface area contributed by atoms with Crippen molar-refractivity contribution in [2.75, 3.05) is 21.2 Å². The molecule has 4 aliphatic rings. The van der Waals surface area contributed by atoms with Gasteiger partial charge in [0.2, 0.25) is 0 Å². The lowest BCUT2D eigenvalue weighted by Crippen LogP contribution is -2.54. The molecule has 4 nitrogen and oxygen atoms in total. The molecule has 0 unspecified atom stereocenters. The Bertz CT molecular complexity index is 834. The van der Waals surface area contributed by atoms with Crippen molar-refractivity contribution in [3.05, 3.63) is 35.3 Å². The van der Waals surface area contributed by atoms with Crippen LogP contribution >= 0.6 is 0 Å². The Morgan fingerprint density at radius 1 is 1.27 bits per heavy atom. The number of aliphatic hydroxyl groups is 1. The van der Waals surface area contributed by atoms with Crippen LogP contribution in [0.4, 0.5) is 0 Å². The van der Waals surface area contributed by atoms with Crippen LogP contribution < -0.4 is 0 Å². The average molecular weight is 411 g/mol. The summed E-state index contributed by atoms with van der Waals surface area (Å²) < 4.78 is 5.56. The van der Waals surface area contributed by atoms with Crippen molar-refractivity contribution in [2.24, 2.45) is 28.6 Å². The minimum atomic E-state index is -0.707. The van der Waals surface area contributed by atoms with Crippen LogP contribution in [0.25, 0.3) is 0 Å². The van der Waals surface area contributed by atoms with Crippen LogP contribution in [0.1, 0.15) is 65.2 Å². The van der Waals surface area contributed by atoms with Crippen molar-refractivity contribution in [1.29, 1.82) is 5.26 Å². The highest BCUT2D eigenvalue weighted by Crippen LogP contribution is 2.67. The summed E-state index contributed by atoms with van der Waals surface area (Å²) in [6.45, 7) is 4.81. The largest absolute Gasteiger partial charge is 0.501 e. The van der Waals surface area contributed by atoms with E-state index in [1.54, 1.807) is 7.11 Å². The van der Waals surface area contributed by atoms with Crippen molar-refractivity contribution >= 4 is 0 Å². The van der Waals surface area contributed by atoms with Gasteiger partial charge in [-0.2, -0.15) is 5.26 Å². The Hall–Kier alpha value is -1.73. The van der Waals surface area contributed by atoms with Crippen molar-refractivity contribution < 1.29 is 9.84 Å². The fourth-order valence-corrected chi connectivity index (χ4v) is 7.50. The third-order valence-corrected chi connectivity index (χ3v) is 9.55. The minimum Gasteiger partial charge on any atom is -0.501 e. The van der Waals surface area contributed by atoms with Gasteiger partial charge in [0.25, 0.3) is 0 Å². The van der Waals surface area contributed by atoms with Crippen LogP contribution in [-0.2, 0) is 4.74 Å². The first-order valence-corrected chi connectivity index (χ1v) is 11.6. The summed E-state index contributed by atoms with van der Waals surface area (Å²) in [5.74, 6) is 3.02. The third kappa shape index (κ3) is 3.04. The molecule has 0 heterocycles. The van der Waals surface area contributed by atoms with Crippen LogP contribution in [0.5, 0.6) is 0 Å². The maximum Gasteiger partial charge on any atom is 0.117 e. The molecule has 0 bridgehead atoms. The van der Waals surface area contributed by atoms with E-state index < -0.39 is 5.60 Å². The topological polar surface area (TPSA) is 56.5 Å². The molecule has 6 atom stereocenters. The fourth-order valence-electron chi connectivity index (χ4n) is 7.50. The summed E-state index contributed by atoms with van der Waals surface area (Å²) in [5, 5.41) is 21.2. The van der Waals surface area contributed by atoms with E-state index in [1.807, 2.05) is 25.1 Å². The van der Waals surface area contributed by atoms with E-state index in [-0.39, 0.29) is 10.8 Å². The predicted octanol–water partition coefficient (Wildman–Crippen LogP) is 5.18. The molecule has 0 spiro atoms. The average Bonchev–Trinajstić information content (AvgIpc) is 2.99. The molecule has 1 N–H and O–H groups in total. The van der Waals surface area contributed by atoms with E-state index in [2.05, 4.69) is 32.1 Å². The smallest absolute Gasteiger partial charge is 0.117 e. The zero-order chi connectivity index (χ0) is 21.7. The van der Waals surface area contributed by atoms with Gasteiger partial charge in [0.1, 0.15) is 11.8 Å². The van der Waals surface area contributed by atoms with Crippen molar-refractivity contribution in [3.8, 4) is 6.07 Å². The van der Waals surface area contributed by atoms with Crippen molar-refractivity contribution in [3.63, 3.8) is 0 Å². The van der Waals surface area contributed by atoms with E-state index in [9.17, 15) is 10.4 Å². The molecule has 0 saturated heterocycles. The van der Waals surface area contributed by atoms with E-state index in [4.69, 9.17) is 4.74 Å². The standard InChI is InChI=1S/C26H38N2O2/c1-24-12-9-20(30-5)16-18(24)6-7-21-22(24)10-13-25(2)23(21)11-15-26(25,29)14-8-19(17-27)28(3)4/h6,8,16,21-23,29H,7,9-15H2,1-5H3/t21-,22+,23+,24+,25+,26+/m1/s1. The summed E-state index contributed by atoms with van der Waals surface area (Å²) in [5.41, 5.74) is 1.59.